The van der Waals surface area contributed by atoms with Crippen molar-refractivity contribution in [1.29, 1.82) is 0 Å². The summed E-state index contributed by atoms with van der Waals surface area (Å²) >= 11 is 2.61. The number of anilines is 1. The number of carbonyl (C=O) groups excluding carboxylic acids is 1. The van der Waals surface area contributed by atoms with Gasteiger partial charge in [0.2, 0.25) is 5.91 Å². The van der Waals surface area contributed by atoms with Crippen LogP contribution >= 0.6 is 23.3 Å². The Kier molecular flexibility index (Phi) is 5.08. The van der Waals surface area contributed by atoms with Gasteiger partial charge in [0.15, 0.2) is 0 Å². The van der Waals surface area contributed by atoms with E-state index in [4.69, 9.17) is 0 Å². The average Bonchev–Trinajstić information content (AvgIpc) is 3.12. The summed E-state index contributed by atoms with van der Waals surface area (Å²) in [6.45, 7) is 0. The summed E-state index contributed by atoms with van der Waals surface area (Å²) in [5.41, 5.74) is 2.94. The molecule has 27 heavy (non-hydrogen) atoms. The molecule has 4 aromatic rings. The summed E-state index contributed by atoms with van der Waals surface area (Å²) in [5, 5.41) is 3.55. The van der Waals surface area contributed by atoms with Gasteiger partial charge in [-0.25, -0.2) is 14.4 Å². The second-order valence-corrected chi connectivity index (χ2v) is 7.33. The van der Waals surface area contributed by atoms with Crippen LogP contribution in [0.15, 0.2) is 66.0 Å². The molecular weight excluding hydrogens is 383 g/mol. The average molecular weight is 396 g/mol. The van der Waals surface area contributed by atoms with E-state index in [1.165, 1.54) is 41.8 Å². The molecule has 0 aliphatic carbocycles. The highest BCUT2D eigenvalue weighted by molar-refractivity contribution is 8.00. The number of aromatic nitrogens is 3. The van der Waals surface area contributed by atoms with Gasteiger partial charge in [-0.05, 0) is 47.9 Å². The number of benzene rings is 2. The largest absolute Gasteiger partial charge is 0.325 e. The van der Waals surface area contributed by atoms with E-state index in [9.17, 15) is 9.18 Å². The van der Waals surface area contributed by atoms with E-state index in [2.05, 4.69) is 19.7 Å². The molecule has 0 unspecified atom stereocenters. The van der Waals surface area contributed by atoms with E-state index in [1.54, 1.807) is 12.1 Å². The van der Waals surface area contributed by atoms with Gasteiger partial charge in [0.25, 0.3) is 0 Å². The number of nitrogens with one attached hydrogen (secondary N) is 1. The van der Waals surface area contributed by atoms with Gasteiger partial charge < -0.3 is 5.32 Å². The zero-order valence-corrected chi connectivity index (χ0v) is 15.6. The molecule has 2 aromatic heterocycles. The standard InChI is InChI=1S/C19H13FN4OS2/c20-13-8-6-12(7-9-13)16-17-18(27-24-16)19(22-11-21-17)26-10-15(25)23-14-4-2-1-3-5-14/h1-9,11H,10H2,(H,23,25). The number of thioether (sulfide) groups is 1. The summed E-state index contributed by atoms with van der Waals surface area (Å²) in [7, 11) is 0. The molecule has 0 saturated heterocycles. The highest BCUT2D eigenvalue weighted by Crippen LogP contribution is 2.34. The molecule has 0 spiro atoms. The minimum Gasteiger partial charge on any atom is -0.325 e. The monoisotopic (exact) mass is 396 g/mol. The molecule has 2 heterocycles. The van der Waals surface area contributed by atoms with E-state index in [0.29, 0.717) is 16.2 Å². The molecule has 2 aromatic carbocycles. The molecule has 5 nitrogen and oxygen atoms in total. The predicted octanol–water partition coefficient (Wildman–Crippen LogP) is 4.62. The minimum atomic E-state index is -0.298. The van der Waals surface area contributed by atoms with E-state index >= 15 is 0 Å². The van der Waals surface area contributed by atoms with Gasteiger partial charge in [0.1, 0.15) is 33.1 Å². The number of carbonyl (C=O) groups is 1. The molecular formula is C19H13FN4OS2. The Labute approximate surface area is 162 Å². The number of hydrogen-bond donors (Lipinski definition) is 1. The third-order valence-corrected chi connectivity index (χ3v) is 5.70. The number of para-hydroxylation sites is 1. The third kappa shape index (κ3) is 3.96. The van der Waals surface area contributed by atoms with Gasteiger partial charge in [-0.15, -0.1) is 0 Å². The van der Waals surface area contributed by atoms with Crippen molar-refractivity contribution in [3.05, 3.63) is 66.7 Å². The lowest BCUT2D eigenvalue weighted by atomic mass is 10.1. The van der Waals surface area contributed by atoms with Crippen molar-refractivity contribution < 1.29 is 9.18 Å². The first kappa shape index (κ1) is 17.6. The normalized spacial score (nSPS) is 10.9. The number of halogens is 1. The number of amides is 1. The van der Waals surface area contributed by atoms with Crippen LogP contribution in [0.4, 0.5) is 10.1 Å². The molecule has 0 atom stereocenters. The maximum atomic E-state index is 13.2. The Hall–Kier alpha value is -2.84. The Morgan fingerprint density at radius 1 is 1.07 bits per heavy atom. The fourth-order valence-corrected chi connectivity index (χ4v) is 4.21. The molecule has 0 aliphatic rings. The lowest BCUT2D eigenvalue weighted by molar-refractivity contribution is -0.113. The van der Waals surface area contributed by atoms with Crippen molar-refractivity contribution in [3.63, 3.8) is 0 Å². The second kappa shape index (κ2) is 7.81. The van der Waals surface area contributed by atoms with Crippen LogP contribution in [0, 0.1) is 5.82 Å². The van der Waals surface area contributed by atoms with Crippen LogP contribution in [0.25, 0.3) is 21.5 Å². The van der Waals surface area contributed by atoms with Crippen LogP contribution in [0.5, 0.6) is 0 Å². The van der Waals surface area contributed by atoms with Crippen molar-refractivity contribution in [1.82, 2.24) is 14.3 Å². The van der Waals surface area contributed by atoms with Gasteiger partial charge in [-0.2, -0.15) is 4.37 Å². The number of nitrogens with zero attached hydrogens (tertiary/aromatic N) is 3. The molecule has 0 aliphatic heterocycles. The smallest absolute Gasteiger partial charge is 0.234 e. The Morgan fingerprint density at radius 3 is 2.63 bits per heavy atom. The van der Waals surface area contributed by atoms with Crippen LogP contribution in [0.2, 0.25) is 0 Å². The summed E-state index contributed by atoms with van der Waals surface area (Å²) in [5.74, 6) is -0.181. The first-order valence-corrected chi connectivity index (χ1v) is 9.80. The summed E-state index contributed by atoms with van der Waals surface area (Å²) < 4.78 is 18.4. The van der Waals surface area contributed by atoms with Gasteiger partial charge in [-0.1, -0.05) is 30.0 Å². The van der Waals surface area contributed by atoms with E-state index in [-0.39, 0.29) is 17.5 Å². The first-order chi connectivity index (χ1) is 13.2. The summed E-state index contributed by atoms with van der Waals surface area (Å²) in [6.07, 6.45) is 1.46. The quantitative estimate of drug-likeness (QED) is 0.394. The zero-order valence-electron chi connectivity index (χ0n) is 13.9. The van der Waals surface area contributed by atoms with E-state index in [1.807, 2.05) is 30.3 Å². The molecule has 1 N–H and O–H groups in total. The molecule has 4 rings (SSSR count). The van der Waals surface area contributed by atoms with Crippen molar-refractivity contribution in [2.75, 3.05) is 11.1 Å². The topological polar surface area (TPSA) is 67.8 Å². The first-order valence-electron chi connectivity index (χ1n) is 8.05. The zero-order chi connectivity index (χ0) is 18.6. The van der Waals surface area contributed by atoms with Gasteiger partial charge in [0.05, 0.1) is 5.75 Å². The third-order valence-electron chi connectivity index (χ3n) is 3.74. The maximum absolute atomic E-state index is 13.2. The maximum Gasteiger partial charge on any atom is 0.234 e. The van der Waals surface area contributed by atoms with Gasteiger partial charge >= 0.3 is 0 Å². The van der Waals surface area contributed by atoms with Crippen LogP contribution < -0.4 is 5.32 Å². The molecule has 1 amide bonds. The molecule has 0 saturated carbocycles. The fourth-order valence-electron chi connectivity index (χ4n) is 2.50. The fraction of sp³-hybridized carbons (Fsp3) is 0.0526. The highest BCUT2D eigenvalue weighted by Gasteiger charge is 2.15. The molecule has 0 radical (unpaired) electrons. The number of hydrogen-bond acceptors (Lipinski definition) is 6. The van der Waals surface area contributed by atoms with Crippen molar-refractivity contribution >= 4 is 45.1 Å². The minimum absolute atomic E-state index is 0.110. The SMILES string of the molecule is O=C(CSc1ncnc2c(-c3ccc(F)cc3)nsc12)Nc1ccccc1. The Bertz CT molecular complexity index is 1080. The van der Waals surface area contributed by atoms with Crippen LogP contribution in [0.1, 0.15) is 0 Å². The van der Waals surface area contributed by atoms with Crippen molar-refractivity contribution in [2.45, 2.75) is 5.03 Å². The van der Waals surface area contributed by atoms with Gasteiger partial charge in [0, 0.05) is 11.3 Å². The Morgan fingerprint density at radius 2 is 1.85 bits per heavy atom. The number of fused-ring (bicyclic) bond motifs is 1. The van der Waals surface area contributed by atoms with Crippen LogP contribution in [-0.4, -0.2) is 26.0 Å². The van der Waals surface area contributed by atoms with Crippen molar-refractivity contribution in [2.24, 2.45) is 0 Å². The lowest BCUT2D eigenvalue weighted by Gasteiger charge is -2.05. The summed E-state index contributed by atoms with van der Waals surface area (Å²) in [6, 6.07) is 15.4. The molecule has 0 bridgehead atoms. The highest BCUT2D eigenvalue weighted by atomic mass is 32.2. The molecule has 134 valence electrons. The predicted molar refractivity (Wildman–Crippen MR) is 106 cm³/mol. The number of rotatable bonds is 5. The summed E-state index contributed by atoms with van der Waals surface area (Å²) in [4.78, 5) is 20.8. The van der Waals surface area contributed by atoms with Gasteiger partial charge in [-0.3, -0.25) is 4.79 Å². The van der Waals surface area contributed by atoms with Crippen LogP contribution in [0.3, 0.4) is 0 Å². The van der Waals surface area contributed by atoms with Crippen molar-refractivity contribution in [3.8, 4) is 11.3 Å². The Balaban J connectivity index is 1.53. The molecule has 8 heteroatoms. The second-order valence-electron chi connectivity index (χ2n) is 5.60. The lowest BCUT2D eigenvalue weighted by Crippen LogP contribution is -2.13. The van der Waals surface area contributed by atoms with E-state index in [0.717, 1.165) is 16.0 Å². The molecule has 0 fully saturated rings. The van der Waals surface area contributed by atoms with Crippen LogP contribution in [-0.2, 0) is 4.79 Å². The van der Waals surface area contributed by atoms with E-state index < -0.39 is 0 Å².